The maximum Gasteiger partial charge on any atom is 0.0164 e. The van der Waals surface area contributed by atoms with Crippen LogP contribution in [0.4, 0.5) is 0 Å². The summed E-state index contributed by atoms with van der Waals surface area (Å²) in [5, 5.41) is 0. The zero-order valence-electron chi connectivity index (χ0n) is 9.72. The molecule has 74 valence electrons. The third-order valence-corrected chi connectivity index (χ3v) is 28.4. The lowest BCUT2D eigenvalue weighted by Crippen LogP contribution is -2.36. The lowest BCUT2D eigenvalue weighted by molar-refractivity contribution is 1.03. The van der Waals surface area contributed by atoms with Crippen molar-refractivity contribution in [2.75, 3.05) is 0 Å². The van der Waals surface area contributed by atoms with Crippen molar-refractivity contribution in [1.29, 1.82) is 0 Å². The van der Waals surface area contributed by atoms with Crippen LogP contribution in [-0.2, 0) is 0 Å². The van der Waals surface area contributed by atoms with Gasteiger partial charge in [-0.3, -0.25) is 0 Å². The van der Waals surface area contributed by atoms with Gasteiger partial charge in [0.25, 0.3) is 0 Å². The monoisotopic (exact) mass is 218 g/mol. The van der Waals surface area contributed by atoms with Crippen LogP contribution in [0.2, 0.25) is 16.6 Å². The zero-order chi connectivity index (χ0) is 9.72. The van der Waals surface area contributed by atoms with Crippen LogP contribution in [0.25, 0.3) is 0 Å². The summed E-state index contributed by atoms with van der Waals surface area (Å²) < 4.78 is 0. The molecule has 0 nitrogen and oxygen atoms in total. The topological polar surface area (TPSA) is 0 Å². The first-order valence-corrected chi connectivity index (χ1v) is 14.3. The van der Waals surface area contributed by atoms with Crippen LogP contribution in [0.3, 0.4) is 0 Å². The molecule has 0 rings (SSSR count). The highest BCUT2D eigenvalue weighted by Gasteiger charge is 2.18. The summed E-state index contributed by atoms with van der Waals surface area (Å²) in [6.07, 6.45) is 0. The second-order valence-electron chi connectivity index (χ2n) is 5.26. The van der Waals surface area contributed by atoms with E-state index < -0.39 is 0 Å². The molecule has 0 spiro atoms. The maximum absolute atomic E-state index is 2.49. The largest absolute Gasteiger partial charge is 0.0660 e. The van der Waals surface area contributed by atoms with Crippen LogP contribution in [0.1, 0.15) is 41.5 Å². The van der Waals surface area contributed by atoms with E-state index in [2.05, 4.69) is 41.5 Å². The Bertz CT molecular complexity index is 100. The molecule has 0 fully saturated rings. The fraction of sp³-hybridized carbons (Fsp3) is 1.00. The predicted octanol–water partition coefficient (Wildman–Crippen LogP) is 1.61. The van der Waals surface area contributed by atoms with Gasteiger partial charge in [0.05, 0.1) is 0 Å². The van der Waals surface area contributed by atoms with Crippen molar-refractivity contribution in [2.45, 2.75) is 58.2 Å². The standard InChI is InChI=1S/C9H26Si3/c1-7(2)10-12(9(5)6)11-8(3)4/h7-9,12H,10-11H2,1-6H3. The van der Waals surface area contributed by atoms with E-state index in [1.54, 1.807) is 0 Å². The normalized spacial score (nSPS) is 16.8. The van der Waals surface area contributed by atoms with Gasteiger partial charge in [-0.05, 0) is 0 Å². The summed E-state index contributed by atoms with van der Waals surface area (Å²) in [6.45, 7) is 14.8. The van der Waals surface area contributed by atoms with Gasteiger partial charge in [-0.2, -0.15) is 0 Å². The molecule has 0 heterocycles. The van der Waals surface area contributed by atoms with Crippen LogP contribution in [0.15, 0.2) is 0 Å². The van der Waals surface area contributed by atoms with Crippen LogP contribution < -0.4 is 0 Å². The summed E-state index contributed by atoms with van der Waals surface area (Å²) in [5.41, 5.74) is 3.30. The highest BCUT2D eigenvalue weighted by molar-refractivity contribution is 7.40. The van der Waals surface area contributed by atoms with E-state index in [4.69, 9.17) is 0 Å². The molecule has 0 amide bonds. The van der Waals surface area contributed by atoms with Gasteiger partial charge < -0.3 is 0 Å². The Hall–Kier alpha value is 0.651. The molecule has 0 bridgehead atoms. The third kappa shape index (κ3) is 6.20. The van der Waals surface area contributed by atoms with Crippen molar-refractivity contribution < 1.29 is 0 Å². The molecule has 0 aliphatic carbocycles. The average molecular weight is 219 g/mol. The van der Waals surface area contributed by atoms with Crippen molar-refractivity contribution in [3.05, 3.63) is 0 Å². The minimum absolute atomic E-state index is 0.145. The van der Waals surface area contributed by atoms with Gasteiger partial charge in [-0.1, -0.05) is 58.2 Å². The lowest BCUT2D eigenvalue weighted by Gasteiger charge is -2.21. The molecule has 0 aromatic rings. The van der Waals surface area contributed by atoms with Gasteiger partial charge >= 0.3 is 0 Å². The van der Waals surface area contributed by atoms with Gasteiger partial charge in [0.1, 0.15) is 0 Å². The predicted molar refractivity (Wildman–Crippen MR) is 69.5 cm³/mol. The smallest absolute Gasteiger partial charge is 0.0164 e. The minimum atomic E-state index is -0.145. The Morgan fingerprint density at radius 3 is 1.25 bits per heavy atom. The molecular weight excluding hydrogens is 192 g/mol. The highest BCUT2D eigenvalue weighted by atomic mass is 29.6. The zero-order valence-corrected chi connectivity index (χ0v) is 13.7. The quantitative estimate of drug-likeness (QED) is 0.615. The first-order chi connectivity index (χ1) is 5.43. The molecule has 12 heavy (non-hydrogen) atoms. The first kappa shape index (κ1) is 12.7. The Balaban J connectivity index is 3.87. The van der Waals surface area contributed by atoms with Crippen LogP contribution in [0.5, 0.6) is 0 Å². The van der Waals surface area contributed by atoms with Crippen molar-refractivity contribution in [3.63, 3.8) is 0 Å². The minimum Gasteiger partial charge on any atom is -0.0660 e. The average Bonchev–Trinajstić information content (AvgIpc) is 1.83. The summed E-state index contributed by atoms with van der Waals surface area (Å²) in [5.74, 6) is 0. The van der Waals surface area contributed by atoms with Crippen molar-refractivity contribution in [2.24, 2.45) is 0 Å². The van der Waals surface area contributed by atoms with Crippen LogP contribution in [0, 0.1) is 0 Å². The van der Waals surface area contributed by atoms with E-state index in [9.17, 15) is 0 Å². The Morgan fingerprint density at radius 1 is 0.750 bits per heavy atom. The van der Waals surface area contributed by atoms with Crippen molar-refractivity contribution in [3.8, 4) is 0 Å². The van der Waals surface area contributed by atoms with E-state index in [0.717, 1.165) is 16.6 Å². The Morgan fingerprint density at radius 2 is 1.08 bits per heavy atom. The van der Waals surface area contributed by atoms with Gasteiger partial charge in [-0.15, -0.1) is 0 Å². The molecule has 0 saturated heterocycles. The highest BCUT2D eigenvalue weighted by Crippen LogP contribution is 2.14. The number of rotatable bonds is 5. The molecule has 0 aromatic carbocycles. The van der Waals surface area contributed by atoms with Crippen LogP contribution >= 0.6 is 0 Å². The van der Waals surface area contributed by atoms with E-state index >= 15 is 0 Å². The third-order valence-electron chi connectivity index (χ3n) is 2.49. The molecule has 0 N–H and O–H groups in total. The first-order valence-electron chi connectivity index (χ1n) is 5.43. The second-order valence-corrected chi connectivity index (χ2v) is 24.9. The van der Waals surface area contributed by atoms with E-state index in [0.29, 0.717) is 18.1 Å². The summed E-state index contributed by atoms with van der Waals surface area (Å²) in [7, 11) is 0.596. The lowest BCUT2D eigenvalue weighted by atomic mass is 10.6. The molecule has 0 radical (unpaired) electrons. The van der Waals surface area contributed by atoms with E-state index in [1.165, 1.54) is 0 Å². The number of hydrogen-bond donors (Lipinski definition) is 0. The van der Waals surface area contributed by atoms with E-state index in [-0.39, 0.29) is 7.83 Å². The molecular formula is C9H26Si3. The molecule has 0 atom stereocenters. The molecule has 0 aromatic heterocycles. The van der Waals surface area contributed by atoms with Crippen molar-refractivity contribution in [1.82, 2.24) is 0 Å². The van der Waals surface area contributed by atoms with Crippen LogP contribution in [-0.4, -0.2) is 25.9 Å². The van der Waals surface area contributed by atoms with Gasteiger partial charge in [0, 0.05) is 25.9 Å². The van der Waals surface area contributed by atoms with Gasteiger partial charge in [0.2, 0.25) is 0 Å². The van der Waals surface area contributed by atoms with Gasteiger partial charge in [0.15, 0.2) is 0 Å². The Labute approximate surface area is 84.4 Å². The Kier molecular flexibility index (Phi) is 6.49. The summed E-state index contributed by atoms with van der Waals surface area (Å²) >= 11 is 0. The van der Waals surface area contributed by atoms with Crippen molar-refractivity contribution >= 4 is 25.9 Å². The molecule has 0 aliphatic rings. The fourth-order valence-corrected chi connectivity index (χ4v) is 30.4. The molecule has 0 unspecified atom stereocenters. The summed E-state index contributed by atoms with van der Waals surface area (Å²) in [6, 6.07) is 0. The molecule has 0 saturated carbocycles. The second kappa shape index (κ2) is 6.16. The molecule has 3 heteroatoms. The van der Waals surface area contributed by atoms with Gasteiger partial charge in [-0.25, -0.2) is 0 Å². The van der Waals surface area contributed by atoms with E-state index in [1.807, 2.05) is 0 Å². The summed E-state index contributed by atoms with van der Waals surface area (Å²) in [4.78, 5) is 0. The maximum atomic E-state index is 2.49. The number of hydrogen-bond acceptors (Lipinski definition) is 0. The SMILES string of the molecule is CC(C)[SiH2][SiH]([SiH2]C(C)C)C(C)C. The molecule has 0 aliphatic heterocycles. The fourth-order valence-electron chi connectivity index (χ4n) is 1.85.